The third-order valence-corrected chi connectivity index (χ3v) is 5.89. The summed E-state index contributed by atoms with van der Waals surface area (Å²) in [6, 6.07) is 22.0. The van der Waals surface area contributed by atoms with Crippen molar-refractivity contribution in [2.45, 2.75) is 18.4 Å². The second-order valence-electron chi connectivity index (χ2n) is 6.43. The molecule has 0 amide bonds. The molecule has 6 heteroatoms. The number of ether oxygens (including phenoxy) is 1. The van der Waals surface area contributed by atoms with E-state index in [0.29, 0.717) is 5.75 Å². The van der Waals surface area contributed by atoms with Crippen molar-refractivity contribution in [3.05, 3.63) is 83.9 Å². The van der Waals surface area contributed by atoms with Gasteiger partial charge in [0.05, 0.1) is 4.90 Å². The molecule has 0 unspecified atom stereocenters. The number of sulfone groups is 1. The van der Waals surface area contributed by atoms with Crippen LogP contribution in [0.25, 0.3) is 11.1 Å². The lowest BCUT2D eigenvalue weighted by molar-refractivity contribution is -0.134. The predicted molar refractivity (Wildman–Crippen MR) is 107 cm³/mol. The minimum atomic E-state index is -3.88. The van der Waals surface area contributed by atoms with E-state index < -0.39 is 21.6 Å². The summed E-state index contributed by atoms with van der Waals surface area (Å²) in [4.78, 5) is 10.7. The molecule has 0 aliphatic rings. The molecule has 3 rings (SSSR count). The van der Waals surface area contributed by atoms with Crippen molar-refractivity contribution in [1.29, 1.82) is 0 Å². The van der Waals surface area contributed by atoms with E-state index in [1.165, 1.54) is 29.3 Å². The van der Waals surface area contributed by atoms with Gasteiger partial charge in [-0.05, 0) is 47.4 Å². The van der Waals surface area contributed by atoms with E-state index >= 15 is 0 Å². The topological polar surface area (TPSA) is 80.7 Å². The Hall–Kier alpha value is -3.12. The van der Waals surface area contributed by atoms with Crippen molar-refractivity contribution in [3.63, 3.8) is 0 Å². The zero-order valence-electron chi connectivity index (χ0n) is 15.3. The number of hydrogen-bond donors (Lipinski definition) is 1. The van der Waals surface area contributed by atoms with Crippen molar-refractivity contribution in [1.82, 2.24) is 0 Å². The van der Waals surface area contributed by atoms with Gasteiger partial charge in [0, 0.05) is 0 Å². The van der Waals surface area contributed by atoms with Crippen molar-refractivity contribution in [2.75, 3.05) is 5.75 Å². The number of carboxylic acid groups (broad SMARTS) is 1. The van der Waals surface area contributed by atoms with Gasteiger partial charge in [-0.2, -0.15) is 0 Å². The number of benzene rings is 3. The summed E-state index contributed by atoms with van der Waals surface area (Å²) in [6.45, 7) is 2.34. The number of carbonyl (C=O) groups is 1. The highest BCUT2D eigenvalue weighted by atomic mass is 32.2. The molecule has 0 aromatic heterocycles. The van der Waals surface area contributed by atoms with Crippen molar-refractivity contribution >= 4 is 15.8 Å². The van der Waals surface area contributed by atoms with E-state index in [9.17, 15) is 13.2 Å². The zero-order chi connectivity index (χ0) is 20.1. The smallest absolute Gasteiger partial charge is 0.319 e. The van der Waals surface area contributed by atoms with Gasteiger partial charge in [-0.25, -0.2) is 8.42 Å². The molecular weight excluding hydrogens is 376 g/mol. The molecule has 0 spiro atoms. The quantitative estimate of drug-likeness (QED) is 0.650. The molecular formula is C22H20O5S. The van der Waals surface area contributed by atoms with E-state index in [1.54, 1.807) is 6.07 Å². The summed E-state index contributed by atoms with van der Waals surface area (Å²) in [5.41, 5.74) is 4.43. The molecule has 144 valence electrons. The maximum Gasteiger partial charge on any atom is 0.319 e. The van der Waals surface area contributed by atoms with E-state index in [1.807, 2.05) is 36.4 Å². The normalized spacial score (nSPS) is 11.2. The first-order chi connectivity index (χ1) is 13.3. The Balaban J connectivity index is 1.70. The van der Waals surface area contributed by atoms with Gasteiger partial charge >= 0.3 is 5.97 Å². The van der Waals surface area contributed by atoms with Crippen LogP contribution in [-0.2, 0) is 21.2 Å². The monoisotopic (exact) mass is 396 g/mol. The van der Waals surface area contributed by atoms with Crippen LogP contribution in [0.5, 0.6) is 5.75 Å². The predicted octanol–water partition coefficient (Wildman–Crippen LogP) is 4.10. The Morgan fingerprint density at radius 3 is 2.36 bits per heavy atom. The highest BCUT2D eigenvalue weighted by molar-refractivity contribution is 7.92. The van der Waals surface area contributed by atoms with Crippen LogP contribution >= 0.6 is 0 Å². The zero-order valence-corrected chi connectivity index (χ0v) is 16.1. The fourth-order valence-corrected chi connectivity index (χ4v) is 3.92. The van der Waals surface area contributed by atoms with Gasteiger partial charge in [0.2, 0.25) is 0 Å². The van der Waals surface area contributed by atoms with Gasteiger partial charge in [0.1, 0.15) is 12.4 Å². The molecule has 0 bridgehead atoms. The molecule has 0 aliphatic carbocycles. The number of hydrogen-bond acceptors (Lipinski definition) is 4. The SMILES string of the molecule is Cc1ccccc1-c1ccc(COc2cccc(S(=O)(=O)CC(=O)O)c2)cc1. The Kier molecular flexibility index (Phi) is 5.80. The molecule has 0 aliphatic heterocycles. The van der Waals surface area contributed by atoms with Crippen molar-refractivity contribution in [3.8, 4) is 16.9 Å². The summed E-state index contributed by atoms with van der Waals surface area (Å²) >= 11 is 0. The molecule has 0 heterocycles. The molecule has 0 fully saturated rings. The lowest BCUT2D eigenvalue weighted by atomic mass is 10.00. The fraction of sp³-hybridized carbons (Fsp3) is 0.136. The molecule has 0 atom stereocenters. The minimum absolute atomic E-state index is 0.0673. The second-order valence-corrected chi connectivity index (χ2v) is 8.42. The molecule has 0 saturated heterocycles. The fourth-order valence-electron chi connectivity index (χ4n) is 2.85. The molecule has 0 radical (unpaired) electrons. The molecule has 0 saturated carbocycles. The average Bonchev–Trinajstić information content (AvgIpc) is 2.67. The molecule has 1 N–H and O–H groups in total. The van der Waals surface area contributed by atoms with Gasteiger partial charge in [0.15, 0.2) is 15.6 Å². The first-order valence-electron chi connectivity index (χ1n) is 8.67. The van der Waals surface area contributed by atoms with Crippen molar-refractivity contribution in [2.24, 2.45) is 0 Å². The summed E-state index contributed by atoms with van der Waals surface area (Å²) in [5.74, 6) is -1.97. The highest BCUT2D eigenvalue weighted by Gasteiger charge is 2.19. The first kappa shape index (κ1) is 19.6. The number of rotatable bonds is 7. The lowest BCUT2D eigenvalue weighted by Gasteiger charge is -2.10. The molecule has 3 aromatic rings. The van der Waals surface area contributed by atoms with Crippen LogP contribution in [0.15, 0.2) is 77.7 Å². The van der Waals surface area contributed by atoms with Crippen LogP contribution in [0.4, 0.5) is 0 Å². The number of aliphatic carboxylic acids is 1. The van der Waals surface area contributed by atoms with E-state index in [-0.39, 0.29) is 11.5 Å². The maximum absolute atomic E-state index is 12.0. The van der Waals surface area contributed by atoms with E-state index in [0.717, 1.165) is 11.1 Å². The highest BCUT2D eigenvalue weighted by Crippen LogP contribution is 2.24. The average molecular weight is 396 g/mol. The summed E-state index contributed by atoms with van der Waals surface area (Å²) in [5, 5.41) is 8.74. The van der Waals surface area contributed by atoms with Crippen LogP contribution in [0, 0.1) is 6.92 Å². The van der Waals surface area contributed by atoms with Gasteiger partial charge in [-0.3, -0.25) is 4.79 Å². The van der Waals surface area contributed by atoms with Crippen LogP contribution < -0.4 is 4.74 Å². The Morgan fingerprint density at radius 1 is 0.964 bits per heavy atom. The number of aryl methyl sites for hydroxylation is 1. The summed E-state index contributed by atoms with van der Waals surface area (Å²) in [6.07, 6.45) is 0. The first-order valence-corrected chi connectivity index (χ1v) is 10.3. The third-order valence-electron chi connectivity index (χ3n) is 4.29. The van der Waals surface area contributed by atoms with Crippen LogP contribution in [0.1, 0.15) is 11.1 Å². The molecule has 28 heavy (non-hydrogen) atoms. The molecule has 5 nitrogen and oxygen atoms in total. The van der Waals surface area contributed by atoms with Gasteiger partial charge in [-0.1, -0.05) is 54.6 Å². The summed E-state index contributed by atoms with van der Waals surface area (Å²) < 4.78 is 29.8. The lowest BCUT2D eigenvalue weighted by Crippen LogP contribution is -2.15. The second kappa shape index (κ2) is 8.27. The standard InChI is InChI=1S/C22H20O5S/c1-16-5-2-3-8-21(16)18-11-9-17(10-12-18)14-27-19-6-4-7-20(13-19)28(25,26)15-22(23)24/h2-13H,14-15H2,1H3,(H,23,24). The summed E-state index contributed by atoms with van der Waals surface area (Å²) in [7, 11) is -3.88. The largest absolute Gasteiger partial charge is 0.489 e. The molecule has 3 aromatic carbocycles. The third kappa shape index (κ3) is 4.78. The van der Waals surface area contributed by atoms with E-state index in [4.69, 9.17) is 9.84 Å². The Bertz CT molecular complexity index is 1090. The van der Waals surface area contributed by atoms with Crippen molar-refractivity contribution < 1.29 is 23.1 Å². The maximum atomic E-state index is 12.0. The minimum Gasteiger partial charge on any atom is -0.489 e. The Labute approximate surface area is 164 Å². The van der Waals surface area contributed by atoms with E-state index in [2.05, 4.69) is 19.1 Å². The van der Waals surface area contributed by atoms with Crippen LogP contribution in [0.2, 0.25) is 0 Å². The van der Waals surface area contributed by atoms with Gasteiger partial charge in [0.25, 0.3) is 0 Å². The van der Waals surface area contributed by atoms with Gasteiger partial charge in [-0.15, -0.1) is 0 Å². The van der Waals surface area contributed by atoms with Crippen LogP contribution in [-0.4, -0.2) is 25.2 Å². The number of carboxylic acids is 1. The van der Waals surface area contributed by atoms with Gasteiger partial charge < -0.3 is 9.84 Å². The van der Waals surface area contributed by atoms with Crippen LogP contribution in [0.3, 0.4) is 0 Å². The Morgan fingerprint density at radius 2 is 1.68 bits per heavy atom.